The molecule has 0 atom stereocenters. The van der Waals surface area contributed by atoms with Crippen molar-refractivity contribution >= 4 is 59.0 Å². The van der Waals surface area contributed by atoms with Crippen molar-refractivity contribution in [2.45, 2.75) is 0 Å². The molecule has 0 fully saturated rings. The molecular formula is C24H16ClN7O2S. The van der Waals surface area contributed by atoms with Crippen LogP contribution in [0.3, 0.4) is 0 Å². The van der Waals surface area contributed by atoms with Gasteiger partial charge in [-0.3, -0.25) is 15.0 Å². The summed E-state index contributed by atoms with van der Waals surface area (Å²) in [7, 11) is 0. The van der Waals surface area contributed by atoms with Gasteiger partial charge in [-0.25, -0.2) is 4.98 Å². The van der Waals surface area contributed by atoms with Gasteiger partial charge in [-0.05, 0) is 41.3 Å². The number of carbonyl (C=O) groups excluding carboxylic acids is 2. The first-order valence-corrected chi connectivity index (χ1v) is 11.2. The monoisotopic (exact) mass is 501 g/mol. The van der Waals surface area contributed by atoms with Crippen LogP contribution in [0.1, 0.15) is 26.3 Å². The van der Waals surface area contributed by atoms with E-state index in [4.69, 9.17) is 4.98 Å². The van der Waals surface area contributed by atoms with E-state index < -0.39 is 11.8 Å². The molecule has 1 N–H and O–H groups in total. The fourth-order valence-corrected chi connectivity index (χ4v) is 4.35. The fraction of sp³-hybridized carbons (Fsp3) is 0. The number of benzene rings is 2. The smallest absolute Gasteiger partial charge is 0.265 e. The Morgan fingerprint density at radius 3 is 2.46 bits per heavy atom. The van der Waals surface area contributed by atoms with Crippen LogP contribution in [0.4, 0.5) is 11.5 Å². The number of azo groups is 1. The molecular weight excluding hydrogens is 486 g/mol. The van der Waals surface area contributed by atoms with Gasteiger partial charge in [0.15, 0.2) is 11.7 Å². The Balaban J connectivity index is 0.00000253. The van der Waals surface area contributed by atoms with Crippen LogP contribution < -0.4 is 15.7 Å². The number of halogens is 1. The predicted molar refractivity (Wildman–Crippen MR) is 137 cm³/mol. The number of hydrazone groups is 1. The van der Waals surface area contributed by atoms with E-state index >= 15 is 0 Å². The summed E-state index contributed by atoms with van der Waals surface area (Å²) < 4.78 is 0. The maximum absolute atomic E-state index is 12.3. The van der Waals surface area contributed by atoms with E-state index in [-0.39, 0.29) is 23.5 Å². The standard InChI is InChI=1S/C24H15N7O2S.ClH/c32-22-18-10-9-17(14-19(18)23(33)27-26-22)30-28-20(11-8-15-5-2-1-3-6-15)29-31(30)21-13-16-7-4-12-34-24(16)25-21;/h1-14H,(H,28,29);1H/b11-8+;. The number of fused-ring (bicyclic) bond motifs is 2. The second-order valence-corrected chi connectivity index (χ2v) is 8.36. The highest BCUT2D eigenvalue weighted by Crippen LogP contribution is 2.33. The van der Waals surface area contributed by atoms with Gasteiger partial charge in [-0.1, -0.05) is 48.5 Å². The van der Waals surface area contributed by atoms with Gasteiger partial charge in [-0.15, -0.1) is 44.2 Å². The van der Waals surface area contributed by atoms with Crippen molar-refractivity contribution in [3.8, 4) is 10.6 Å². The summed E-state index contributed by atoms with van der Waals surface area (Å²) in [5.41, 5.74) is 6.25. The normalized spacial score (nSPS) is 14.8. The Kier molecular flexibility index (Phi) is 5.81. The average Bonchev–Trinajstić information content (AvgIpc) is 3.50. The number of amides is 2. The van der Waals surface area contributed by atoms with Crippen molar-refractivity contribution in [3.05, 3.63) is 94.9 Å². The number of hydrogen-bond acceptors (Lipinski definition) is 8. The summed E-state index contributed by atoms with van der Waals surface area (Å²) in [5, 5.41) is 17.7. The van der Waals surface area contributed by atoms with Crippen LogP contribution in [-0.2, 0) is 0 Å². The van der Waals surface area contributed by atoms with Gasteiger partial charge in [0.05, 0.1) is 16.8 Å². The third kappa shape index (κ3) is 4.16. The lowest BCUT2D eigenvalue weighted by atomic mass is 10.0. The number of hydrazine groups is 2. The maximum atomic E-state index is 12.3. The molecule has 4 heterocycles. The van der Waals surface area contributed by atoms with Crippen LogP contribution in [0, 0.1) is 0 Å². The van der Waals surface area contributed by atoms with E-state index in [0.717, 1.165) is 16.1 Å². The number of amidine groups is 1. The molecule has 6 rings (SSSR count). The van der Waals surface area contributed by atoms with Crippen LogP contribution in [0.15, 0.2) is 93.5 Å². The molecule has 2 aromatic rings. The zero-order valence-corrected chi connectivity index (χ0v) is 19.5. The summed E-state index contributed by atoms with van der Waals surface area (Å²) >= 11 is 1.54. The highest BCUT2D eigenvalue weighted by Gasteiger charge is 2.30. The van der Waals surface area contributed by atoms with Crippen molar-refractivity contribution in [1.29, 1.82) is 0 Å². The van der Waals surface area contributed by atoms with Crippen molar-refractivity contribution in [3.63, 3.8) is 0 Å². The number of anilines is 2. The van der Waals surface area contributed by atoms with Crippen LogP contribution in [-0.4, -0.2) is 22.6 Å². The summed E-state index contributed by atoms with van der Waals surface area (Å²) in [6, 6.07) is 20.6. The van der Waals surface area contributed by atoms with Gasteiger partial charge in [0, 0.05) is 5.56 Å². The summed E-state index contributed by atoms with van der Waals surface area (Å²) in [6.45, 7) is 0. The van der Waals surface area contributed by atoms with E-state index in [1.54, 1.807) is 39.8 Å². The van der Waals surface area contributed by atoms with Crippen LogP contribution >= 0.6 is 23.7 Å². The zero-order chi connectivity index (χ0) is 23.1. The third-order valence-electron chi connectivity index (χ3n) is 5.27. The number of carbonyl (C=O) groups is 2. The van der Waals surface area contributed by atoms with E-state index in [2.05, 4.69) is 20.8 Å². The van der Waals surface area contributed by atoms with E-state index in [1.165, 1.54) is 0 Å². The van der Waals surface area contributed by atoms with Crippen molar-refractivity contribution < 1.29 is 9.59 Å². The molecule has 11 heteroatoms. The first-order chi connectivity index (χ1) is 16.7. The van der Waals surface area contributed by atoms with Crippen molar-refractivity contribution in [2.75, 3.05) is 10.2 Å². The zero-order valence-electron chi connectivity index (χ0n) is 17.9. The molecule has 0 saturated carbocycles. The van der Waals surface area contributed by atoms with Crippen LogP contribution in [0.25, 0.3) is 16.6 Å². The predicted octanol–water partition coefficient (Wildman–Crippen LogP) is 5.19. The number of aromatic nitrogens is 1. The van der Waals surface area contributed by atoms with E-state index in [9.17, 15) is 9.59 Å². The largest absolute Gasteiger partial charge is 0.296 e. The van der Waals surface area contributed by atoms with Gasteiger partial charge in [-0.2, -0.15) is 5.12 Å². The number of nitrogens with zero attached hydrogens (tertiary/aromatic N) is 6. The van der Waals surface area contributed by atoms with E-state index in [1.807, 2.05) is 66.1 Å². The SMILES string of the molecule is Cl.O=C1N=NC(=O)c2cc(N3N=C(/C=C/c4ccccc4)NN3c3cc4cccsc-4n3)ccc21. The van der Waals surface area contributed by atoms with Gasteiger partial charge in [0.1, 0.15) is 5.01 Å². The summed E-state index contributed by atoms with van der Waals surface area (Å²) in [4.78, 5) is 29.0. The Hall–Kier alpha value is -4.41. The highest BCUT2D eigenvalue weighted by atomic mass is 35.5. The second kappa shape index (κ2) is 9.09. The summed E-state index contributed by atoms with van der Waals surface area (Å²) in [5.74, 6) is 0.0869. The van der Waals surface area contributed by atoms with Gasteiger partial charge in [0.2, 0.25) is 0 Å². The minimum absolute atomic E-state index is 0. The molecule has 0 radical (unpaired) electrons. The molecule has 4 aliphatic heterocycles. The number of hydrogen-bond donors (Lipinski definition) is 1. The Bertz CT molecular complexity index is 1470. The van der Waals surface area contributed by atoms with Gasteiger partial charge < -0.3 is 0 Å². The van der Waals surface area contributed by atoms with Crippen LogP contribution in [0.5, 0.6) is 0 Å². The lowest BCUT2D eigenvalue weighted by Gasteiger charge is -2.26. The number of rotatable bonds is 4. The lowest BCUT2D eigenvalue weighted by Crippen LogP contribution is -2.44. The molecule has 0 bridgehead atoms. The minimum Gasteiger partial charge on any atom is -0.265 e. The molecule has 0 spiro atoms. The highest BCUT2D eigenvalue weighted by molar-refractivity contribution is 7.12. The number of nitrogens with one attached hydrogen (secondary N) is 1. The van der Waals surface area contributed by atoms with E-state index in [0.29, 0.717) is 17.3 Å². The first-order valence-electron chi connectivity index (χ1n) is 10.3. The maximum Gasteiger partial charge on any atom is 0.296 e. The molecule has 0 unspecified atom stereocenters. The second-order valence-electron chi connectivity index (χ2n) is 7.47. The minimum atomic E-state index is -0.567. The average molecular weight is 502 g/mol. The van der Waals surface area contributed by atoms with Gasteiger partial charge >= 0.3 is 0 Å². The molecule has 0 aliphatic carbocycles. The molecule has 35 heavy (non-hydrogen) atoms. The molecule has 0 aromatic heterocycles. The van der Waals surface area contributed by atoms with Crippen molar-refractivity contribution in [2.24, 2.45) is 15.3 Å². The first kappa shape index (κ1) is 22.4. The van der Waals surface area contributed by atoms with Crippen molar-refractivity contribution in [1.82, 2.24) is 10.4 Å². The Morgan fingerprint density at radius 2 is 1.66 bits per heavy atom. The molecule has 9 nitrogen and oxygen atoms in total. The Morgan fingerprint density at radius 1 is 0.857 bits per heavy atom. The van der Waals surface area contributed by atoms with Crippen LogP contribution in [0.2, 0.25) is 0 Å². The molecule has 2 amide bonds. The fourth-order valence-electron chi connectivity index (χ4n) is 3.65. The summed E-state index contributed by atoms with van der Waals surface area (Å²) in [6.07, 6.45) is 3.80. The molecule has 2 aromatic carbocycles. The lowest BCUT2D eigenvalue weighted by molar-refractivity contribution is 0.0921. The van der Waals surface area contributed by atoms with Gasteiger partial charge in [0.25, 0.3) is 11.8 Å². The molecule has 0 saturated heterocycles. The quantitative estimate of drug-likeness (QED) is 0.413. The Labute approximate surface area is 209 Å². The molecule has 4 aliphatic rings. The molecule has 172 valence electrons. The third-order valence-corrected chi connectivity index (χ3v) is 6.11. The topological polar surface area (TPSA) is 103 Å².